The van der Waals surface area contributed by atoms with Crippen molar-refractivity contribution < 1.29 is 14.0 Å². The van der Waals surface area contributed by atoms with Crippen molar-refractivity contribution in [2.75, 3.05) is 39.3 Å². The van der Waals surface area contributed by atoms with Crippen molar-refractivity contribution in [3.63, 3.8) is 0 Å². The fourth-order valence-corrected chi connectivity index (χ4v) is 4.67. The van der Waals surface area contributed by atoms with Crippen molar-refractivity contribution >= 4 is 11.8 Å². The first-order chi connectivity index (χ1) is 12.0. The number of fused-ring (bicyclic) bond motifs is 1. The van der Waals surface area contributed by atoms with Crippen LogP contribution in [0.4, 0.5) is 0 Å². The molecule has 3 aliphatic rings. The second kappa shape index (κ2) is 6.12. The van der Waals surface area contributed by atoms with Gasteiger partial charge in [0.2, 0.25) is 11.7 Å². The molecule has 0 saturated carbocycles. The molecule has 2 amide bonds. The van der Waals surface area contributed by atoms with E-state index >= 15 is 0 Å². The highest BCUT2D eigenvalue weighted by molar-refractivity contribution is 5.93. The summed E-state index contributed by atoms with van der Waals surface area (Å²) in [7, 11) is 0. The van der Waals surface area contributed by atoms with Crippen LogP contribution in [0, 0.1) is 11.3 Å². The molecule has 25 heavy (non-hydrogen) atoms. The van der Waals surface area contributed by atoms with E-state index in [4.69, 9.17) is 4.42 Å². The average molecular weight is 346 g/mol. The van der Waals surface area contributed by atoms with Crippen molar-refractivity contribution in [1.82, 2.24) is 19.7 Å². The largest absolute Gasteiger partial charge is 0.438 e. The maximum atomic E-state index is 13.4. The number of hydrogen-bond donors (Lipinski definition) is 0. The highest BCUT2D eigenvalue weighted by Gasteiger charge is 2.59. The van der Waals surface area contributed by atoms with Gasteiger partial charge in [-0.25, -0.2) is 4.98 Å². The summed E-state index contributed by atoms with van der Waals surface area (Å²) >= 11 is 0. The van der Waals surface area contributed by atoms with Gasteiger partial charge in [0.05, 0.1) is 11.6 Å². The zero-order valence-electron chi connectivity index (χ0n) is 15.0. The highest BCUT2D eigenvalue weighted by atomic mass is 16.3. The number of carbonyl (C=O) groups is 2. The van der Waals surface area contributed by atoms with Gasteiger partial charge in [-0.05, 0) is 26.7 Å². The van der Waals surface area contributed by atoms with E-state index in [1.807, 2.05) is 4.90 Å². The van der Waals surface area contributed by atoms with E-state index in [1.165, 1.54) is 12.6 Å². The van der Waals surface area contributed by atoms with Gasteiger partial charge in [-0.15, -0.1) is 0 Å². The van der Waals surface area contributed by atoms with E-state index in [0.717, 1.165) is 39.0 Å². The number of likely N-dealkylation sites (tertiary alicyclic amines) is 3. The number of nitrogens with zero attached hydrogens (tertiary/aromatic N) is 4. The summed E-state index contributed by atoms with van der Waals surface area (Å²) in [6.07, 6.45) is 4.89. The molecule has 0 spiro atoms. The quantitative estimate of drug-likeness (QED) is 0.819. The van der Waals surface area contributed by atoms with E-state index in [1.54, 1.807) is 4.90 Å². The van der Waals surface area contributed by atoms with Gasteiger partial charge in [0.15, 0.2) is 6.39 Å². The summed E-state index contributed by atoms with van der Waals surface area (Å²) in [6.45, 7) is 8.76. The van der Waals surface area contributed by atoms with Gasteiger partial charge in [-0.2, -0.15) is 0 Å². The Morgan fingerprint density at radius 1 is 1.20 bits per heavy atom. The fourth-order valence-electron chi connectivity index (χ4n) is 4.67. The minimum atomic E-state index is -0.468. The third kappa shape index (κ3) is 2.65. The van der Waals surface area contributed by atoms with Gasteiger partial charge in [0.25, 0.3) is 5.91 Å². The number of rotatable bonds is 3. The number of carbonyl (C=O) groups excluding carboxylic acids is 2. The number of aromatic nitrogens is 1. The van der Waals surface area contributed by atoms with Crippen LogP contribution < -0.4 is 0 Å². The van der Waals surface area contributed by atoms with Crippen LogP contribution in [0.2, 0.25) is 0 Å². The molecule has 0 aliphatic carbocycles. The first kappa shape index (κ1) is 16.6. The lowest BCUT2D eigenvalue weighted by Gasteiger charge is -2.33. The Morgan fingerprint density at radius 2 is 1.96 bits per heavy atom. The molecule has 136 valence electrons. The Balaban J connectivity index is 1.59. The lowest BCUT2D eigenvalue weighted by atomic mass is 9.79. The summed E-state index contributed by atoms with van der Waals surface area (Å²) in [5.41, 5.74) is -0.468. The van der Waals surface area contributed by atoms with Crippen LogP contribution in [0.25, 0.3) is 0 Å². The van der Waals surface area contributed by atoms with E-state index in [2.05, 4.69) is 23.7 Å². The van der Waals surface area contributed by atoms with Gasteiger partial charge in [0, 0.05) is 51.2 Å². The molecule has 2 unspecified atom stereocenters. The molecular formula is C18H26N4O3. The minimum absolute atomic E-state index is 0.156. The number of hydrogen-bond acceptors (Lipinski definition) is 5. The van der Waals surface area contributed by atoms with Crippen LogP contribution >= 0.6 is 0 Å². The molecular weight excluding hydrogens is 320 g/mol. The topological polar surface area (TPSA) is 69.9 Å². The lowest BCUT2D eigenvalue weighted by Crippen LogP contribution is -2.49. The van der Waals surface area contributed by atoms with E-state index in [-0.39, 0.29) is 23.5 Å². The molecule has 2 atom stereocenters. The predicted octanol–water partition coefficient (Wildman–Crippen LogP) is 1.08. The molecule has 4 rings (SSSR count). The Morgan fingerprint density at radius 3 is 2.60 bits per heavy atom. The van der Waals surface area contributed by atoms with E-state index < -0.39 is 5.41 Å². The van der Waals surface area contributed by atoms with Crippen LogP contribution in [-0.4, -0.2) is 76.8 Å². The SMILES string of the molecule is CC(C)N1CC2CN(C(=O)c3cnco3)CC2(C(=O)N2CCCC2)C1. The Bertz CT molecular complexity index is 653. The van der Waals surface area contributed by atoms with Gasteiger partial charge in [0.1, 0.15) is 0 Å². The summed E-state index contributed by atoms with van der Waals surface area (Å²) in [5, 5.41) is 0. The Kier molecular flexibility index (Phi) is 4.06. The van der Waals surface area contributed by atoms with Crippen LogP contribution in [0.1, 0.15) is 37.2 Å². The van der Waals surface area contributed by atoms with Crippen LogP contribution in [0.5, 0.6) is 0 Å². The zero-order chi connectivity index (χ0) is 17.6. The molecule has 0 aromatic carbocycles. The maximum absolute atomic E-state index is 13.4. The van der Waals surface area contributed by atoms with Crippen LogP contribution in [0.3, 0.4) is 0 Å². The molecule has 0 N–H and O–H groups in total. The molecule has 3 fully saturated rings. The third-order valence-electron chi connectivity index (χ3n) is 6.12. The molecule has 1 aromatic heterocycles. The first-order valence-electron chi connectivity index (χ1n) is 9.22. The standard InChI is InChI=1S/C18H26N4O3/c1-13(2)21-8-14-9-22(16(23)15-7-19-12-25-15)11-18(14,10-21)17(24)20-5-3-4-6-20/h7,12-14H,3-6,8-11H2,1-2H3. The van der Waals surface area contributed by atoms with Gasteiger partial charge >= 0.3 is 0 Å². The van der Waals surface area contributed by atoms with Crippen molar-refractivity contribution in [3.8, 4) is 0 Å². The molecule has 1 aromatic rings. The number of oxazole rings is 1. The summed E-state index contributed by atoms with van der Waals surface area (Å²) in [4.78, 5) is 36.1. The summed E-state index contributed by atoms with van der Waals surface area (Å²) in [5.74, 6) is 0.530. The smallest absolute Gasteiger partial charge is 0.291 e. The highest BCUT2D eigenvalue weighted by Crippen LogP contribution is 2.45. The lowest BCUT2D eigenvalue weighted by molar-refractivity contribution is -0.141. The molecule has 3 aliphatic heterocycles. The third-order valence-corrected chi connectivity index (χ3v) is 6.12. The first-order valence-corrected chi connectivity index (χ1v) is 9.22. The van der Waals surface area contributed by atoms with Gasteiger partial charge in [-0.1, -0.05) is 0 Å². The monoisotopic (exact) mass is 346 g/mol. The van der Waals surface area contributed by atoms with E-state index in [0.29, 0.717) is 19.1 Å². The summed E-state index contributed by atoms with van der Waals surface area (Å²) in [6, 6.07) is 0.410. The van der Waals surface area contributed by atoms with E-state index in [9.17, 15) is 9.59 Å². The van der Waals surface area contributed by atoms with Crippen molar-refractivity contribution in [3.05, 3.63) is 18.4 Å². The normalized spacial score (nSPS) is 29.6. The Hall–Kier alpha value is -1.89. The molecule has 7 nitrogen and oxygen atoms in total. The molecule has 7 heteroatoms. The number of amides is 2. The van der Waals surface area contributed by atoms with Crippen LogP contribution in [-0.2, 0) is 4.79 Å². The van der Waals surface area contributed by atoms with Crippen LogP contribution in [0.15, 0.2) is 17.0 Å². The maximum Gasteiger partial charge on any atom is 0.291 e. The zero-order valence-corrected chi connectivity index (χ0v) is 15.0. The van der Waals surface area contributed by atoms with Gasteiger partial charge < -0.3 is 14.2 Å². The van der Waals surface area contributed by atoms with Gasteiger partial charge in [-0.3, -0.25) is 14.5 Å². The Labute approximate surface area is 148 Å². The second-order valence-corrected chi connectivity index (χ2v) is 7.93. The van der Waals surface area contributed by atoms with Crippen molar-refractivity contribution in [2.45, 2.75) is 32.7 Å². The summed E-state index contributed by atoms with van der Waals surface area (Å²) < 4.78 is 5.17. The molecule has 4 heterocycles. The van der Waals surface area contributed by atoms with Crippen molar-refractivity contribution in [1.29, 1.82) is 0 Å². The predicted molar refractivity (Wildman–Crippen MR) is 90.9 cm³/mol. The van der Waals surface area contributed by atoms with Crippen molar-refractivity contribution in [2.24, 2.45) is 11.3 Å². The second-order valence-electron chi connectivity index (χ2n) is 7.93. The minimum Gasteiger partial charge on any atom is -0.438 e. The average Bonchev–Trinajstić information content (AvgIpc) is 3.36. The fraction of sp³-hybridized carbons (Fsp3) is 0.722. The molecule has 3 saturated heterocycles. The molecule has 0 radical (unpaired) electrons. The molecule has 0 bridgehead atoms.